The van der Waals surface area contributed by atoms with Crippen molar-refractivity contribution < 1.29 is 36.3 Å². The number of alkyl halides is 3. The van der Waals surface area contributed by atoms with Crippen LogP contribution in [0, 0.1) is 23.5 Å². The number of rotatable bonds is 6. The number of carbonyl (C=O) groups is 3. The molecular formula is C25H22F5N3O3. The summed E-state index contributed by atoms with van der Waals surface area (Å²) in [6, 6.07) is 9.16. The summed E-state index contributed by atoms with van der Waals surface area (Å²) in [6.45, 7) is -0.722. The number of hydrogen-bond acceptors (Lipinski definition) is 4. The van der Waals surface area contributed by atoms with Gasteiger partial charge in [-0.3, -0.25) is 9.69 Å². The number of hydrogen-bond donors (Lipinski definition) is 0. The number of imide groups is 1. The van der Waals surface area contributed by atoms with Crippen LogP contribution in [-0.4, -0.2) is 66.4 Å². The normalized spacial score (nSPS) is 18.3. The molecule has 1 saturated heterocycles. The molecule has 11 heteroatoms. The molecule has 3 rings (SSSR count). The zero-order valence-corrected chi connectivity index (χ0v) is 19.4. The highest BCUT2D eigenvalue weighted by atomic mass is 19.4. The van der Waals surface area contributed by atoms with E-state index in [9.17, 15) is 36.3 Å². The Labute approximate surface area is 204 Å². The van der Waals surface area contributed by atoms with Crippen molar-refractivity contribution in [2.75, 3.05) is 31.6 Å². The molecule has 0 N–H and O–H groups in total. The first kappa shape index (κ1) is 26.8. The molecule has 3 amide bonds. The largest absolute Gasteiger partial charge is 0.401 e. The zero-order valence-electron chi connectivity index (χ0n) is 19.4. The third-order valence-corrected chi connectivity index (χ3v) is 5.57. The van der Waals surface area contributed by atoms with Crippen molar-refractivity contribution in [1.29, 1.82) is 0 Å². The van der Waals surface area contributed by atoms with Crippen molar-refractivity contribution in [2.45, 2.75) is 25.1 Å². The third kappa shape index (κ3) is 6.07. The van der Waals surface area contributed by atoms with Crippen molar-refractivity contribution >= 4 is 23.9 Å². The van der Waals surface area contributed by atoms with E-state index in [0.29, 0.717) is 11.8 Å². The Morgan fingerprint density at radius 3 is 2.19 bits per heavy atom. The highest BCUT2D eigenvalue weighted by Gasteiger charge is 2.48. The molecule has 1 fully saturated rings. The first-order valence-corrected chi connectivity index (χ1v) is 10.8. The van der Waals surface area contributed by atoms with Crippen LogP contribution < -0.4 is 4.90 Å². The quantitative estimate of drug-likeness (QED) is 0.337. The summed E-state index contributed by atoms with van der Waals surface area (Å²) < 4.78 is 67.9. The van der Waals surface area contributed by atoms with Crippen molar-refractivity contribution in [1.82, 2.24) is 9.80 Å². The van der Waals surface area contributed by atoms with Crippen LogP contribution in [0.1, 0.15) is 24.5 Å². The lowest BCUT2D eigenvalue weighted by Gasteiger charge is -2.44. The number of likely N-dealkylation sites (N-methyl/N-ethyl adjacent to an activating group) is 1. The van der Waals surface area contributed by atoms with Gasteiger partial charge in [-0.2, -0.15) is 13.2 Å². The van der Waals surface area contributed by atoms with Crippen LogP contribution >= 0.6 is 0 Å². The molecule has 2 aromatic carbocycles. The van der Waals surface area contributed by atoms with E-state index in [1.165, 1.54) is 6.92 Å². The molecule has 0 aromatic heterocycles. The van der Waals surface area contributed by atoms with Gasteiger partial charge in [0.1, 0.15) is 17.5 Å². The smallest absolute Gasteiger partial charge is 0.310 e. The van der Waals surface area contributed by atoms with E-state index in [1.54, 1.807) is 30.3 Å². The van der Waals surface area contributed by atoms with E-state index in [0.717, 1.165) is 29.0 Å². The lowest BCUT2D eigenvalue weighted by molar-refractivity contribution is -0.143. The summed E-state index contributed by atoms with van der Waals surface area (Å²) in [5.74, 6) is 1.83. The summed E-state index contributed by atoms with van der Waals surface area (Å²) in [4.78, 5) is 39.7. The second kappa shape index (κ2) is 10.5. The molecule has 0 aliphatic carbocycles. The molecule has 1 aliphatic rings. The van der Waals surface area contributed by atoms with Gasteiger partial charge >= 0.3 is 12.2 Å². The van der Waals surface area contributed by atoms with E-state index >= 15 is 0 Å². The SMILES string of the molecule is CN(CCN1C(=O)N(c2c(F)cc(C#Cc3ccccc3)cc2F)C(=O)CC1(C)C=O)CC(F)(F)F. The van der Waals surface area contributed by atoms with Crippen LogP contribution in [0.4, 0.5) is 32.4 Å². The Balaban J connectivity index is 1.90. The van der Waals surface area contributed by atoms with Gasteiger partial charge in [0.15, 0.2) is 11.6 Å². The topological polar surface area (TPSA) is 60.9 Å². The summed E-state index contributed by atoms with van der Waals surface area (Å²) in [7, 11) is 1.16. The van der Waals surface area contributed by atoms with Crippen LogP contribution in [0.3, 0.4) is 0 Å². The van der Waals surface area contributed by atoms with Crippen LogP contribution in [0.2, 0.25) is 0 Å². The standard InChI is InChI=1S/C25H22F5N3O3/c1-24(16-34)14-21(35)33(23(36)32(24)11-10-31(2)15-25(28,29)30)22-19(26)12-18(13-20(22)27)9-8-17-6-4-3-5-7-17/h3-7,12-13,16H,10-11,14-15H2,1-2H3. The fourth-order valence-corrected chi connectivity index (χ4v) is 3.78. The van der Waals surface area contributed by atoms with E-state index in [4.69, 9.17) is 0 Å². The minimum absolute atomic E-state index is 0.0436. The molecule has 0 radical (unpaired) electrons. The van der Waals surface area contributed by atoms with E-state index < -0.39 is 60.5 Å². The van der Waals surface area contributed by atoms with Crippen molar-refractivity contribution in [2.24, 2.45) is 0 Å². The summed E-state index contributed by atoms with van der Waals surface area (Å²) in [5, 5.41) is 0. The number of aldehydes is 1. The fraction of sp³-hybridized carbons (Fsp3) is 0.320. The highest BCUT2D eigenvalue weighted by molar-refractivity contribution is 6.18. The first-order chi connectivity index (χ1) is 16.8. The van der Waals surface area contributed by atoms with Gasteiger partial charge in [0.05, 0.1) is 13.0 Å². The molecule has 1 aliphatic heterocycles. The van der Waals surface area contributed by atoms with Crippen LogP contribution in [-0.2, 0) is 9.59 Å². The molecule has 36 heavy (non-hydrogen) atoms. The number of benzene rings is 2. The number of carbonyl (C=O) groups excluding carboxylic acids is 3. The zero-order chi connectivity index (χ0) is 26.7. The van der Waals surface area contributed by atoms with Crippen molar-refractivity contribution in [3.8, 4) is 11.8 Å². The first-order valence-electron chi connectivity index (χ1n) is 10.8. The molecule has 0 saturated carbocycles. The van der Waals surface area contributed by atoms with Gasteiger partial charge in [-0.25, -0.2) is 18.5 Å². The molecule has 0 spiro atoms. The molecule has 0 bridgehead atoms. The molecule has 2 aromatic rings. The number of urea groups is 1. The average molecular weight is 507 g/mol. The number of nitrogens with zero attached hydrogens (tertiary/aromatic N) is 3. The van der Waals surface area contributed by atoms with E-state index in [2.05, 4.69) is 11.8 Å². The van der Waals surface area contributed by atoms with Crippen LogP contribution in [0.5, 0.6) is 0 Å². The maximum atomic E-state index is 15.0. The summed E-state index contributed by atoms with van der Waals surface area (Å²) in [6.07, 6.45) is -4.79. The minimum Gasteiger partial charge on any atom is -0.310 e. The Hall–Kier alpha value is -3.78. The maximum Gasteiger partial charge on any atom is 0.401 e. The summed E-state index contributed by atoms with van der Waals surface area (Å²) >= 11 is 0. The molecule has 1 atom stereocenters. The van der Waals surface area contributed by atoms with E-state index in [1.807, 2.05) is 0 Å². The van der Waals surface area contributed by atoms with Gasteiger partial charge in [0.25, 0.3) is 0 Å². The predicted molar refractivity (Wildman–Crippen MR) is 121 cm³/mol. The maximum absolute atomic E-state index is 15.0. The fourth-order valence-electron chi connectivity index (χ4n) is 3.78. The predicted octanol–water partition coefficient (Wildman–Crippen LogP) is 3.98. The number of anilines is 1. The van der Waals surface area contributed by atoms with Gasteiger partial charge < -0.3 is 9.69 Å². The second-order valence-electron chi connectivity index (χ2n) is 8.57. The Morgan fingerprint density at radius 1 is 1.06 bits per heavy atom. The highest BCUT2D eigenvalue weighted by Crippen LogP contribution is 2.33. The van der Waals surface area contributed by atoms with Gasteiger partial charge in [-0.15, -0.1) is 0 Å². The molecule has 190 valence electrons. The van der Waals surface area contributed by atoms with Crippen LogP contribution in [0.25, 0.3) is 0 Å². The molecule has 1 unspecified atom stereocenters. The van der Waals surface area contributed by atoms with Crippen molar-refractivity contribution in [3.05, 3.63) is 65.2 Å². The van der Waals surface area contributed by atoms with Gasteiger partial charge in [-0.1, -0.05) is 30.0 Å². The Kier molecular flexibility index (Phi) is 7.79. The number of halogens is 5. The number of amides is 3. The minimum atomic E-state index is -4.49. The molecular weight excluding hydrogens is 485 g/mol. The Bertz CT molecular complexity index is 1200. The van der Waals surface area contributed by atoms with Gasteiger partial charge in [0, 0.05) is 24.2 Å². The van der Waals surface area contributed by atoms with Gasteiger partial charge in [0.2, 0.25) is 5.91 Å². The van der Waals surface area contributed by atoms with Crippen LogP contribution in [0.15, 0.2) is 42.5 Å². The van der Waals surface area contributed by atoms with Gasteiger partial charge in [-0.05, 0) is 38.2 Å². The Morgan fingerprint density at radius 2 is 1.64 bits per heavy atom. The lowest BCUT2D eigenvalue weighted by atomic mass is 9.93. The van der Waals surface area contributed by atoms with Crippen molar-refractivity contribution in [3.63, 3.8) is 0 Å². The average Bonchev–Trinajstić information content (AvgIpc) is 2.78. The summed E-state index contributed by atoms with van der Waals surface area (Å²) in [5.41, 5.74) is -2.09. The molecule has 1 heterocycles. The monoisotopic (exact) mass is 507 g/mol. The lowest BCUT2D eigenvalue weighted by Crippen LogP contribution is -2.65. The van der Waals surface area contributed by atoms with E-state index in [-0.39, 0.29) is 17.0 Å². The second-order valence-corrected chi connectivity index (χ2v) is 8.57. The third-order valence-electron chi connectivity index (χ3n) is 5.57. The molecule has 6 nitrogen and oxygen atoms in total.